The van der Waals surface area contributed by atoms with E-state index in [2.05, 4.69) is 22.2 Å². The molecule has 2 heterocycles. The van der Waals surface area contributed by atoms with Gasteiger partial charge in [-0.1, -0.05) is 67.6 Å². The highest BCUT2D eigenvalue weighted by atomic mass is 32.2. The molecule has 0 unspecified atom stereocenters. The lowest BCUT2D eigenvalue weighted by Gasteiger charge is -2.41. The van der Waals surface area contributed by atoms with E-state index >= 15 is 0 Å². The van der Waals surface area contributed by atoms with Crippen LogP contribution in [0.25, 0.3) is 11.0 Å². The van der Waals surface area contributed by atoms with Crippen LogP contribution in [-0.2, 0) is 16.1 Å². The number of hydrogen-bond acceptors (Lipinski definition) is 8. The number of carbonyl (C=O) groups excluding carboxylic acids is 1. The van der Waals surface area contributed by atoms with Gasteiger partial charge in [-0.3, -0.25) is 9.78 Å². The van der Waals surface area contributed by atoms with Gasteiger partial charge in [-0.05, 0) is 47.5 Å². The number of carboxylic acid groups (broad SMARTS) is 1. The molecule has 1 fully saturated rings. The van der Waals surface area contributed by atoms with Crippen LogP contribution in [0.15, 0.2) is 108 Å². The first kappa shape index (κ1) is 30.4. The number of amides is 1. The maximum Gasteiger partial charge on any atom is 0.336 e. The molecule has 0 aliphatic carbocycles. The second-order valence-electron chi connectivity index (χ2n) is 10.8. The Morgan fingerprint density at radius 3 is 2.29 bits per heavy atom. The van der Waals surface area contributed by atoms with Crippen molar-refractivity contribution >= 4 is 40.4 Å². The van der Waals surface area contributed by atoms with Crippen molar-refractivity contribution in [2.45, 2.75) is 36.9 Å². The van der Waals surface area contributed by atoms with E-state index in [-0.39, 0.29) is 41.9 Å². The number of rotatable bonds is 9. The summed E-state index contributed by atoms with van der Waals surface area (Å²) in [6.07, 6.45) is 0.156. The van der Waals surface area contributed by atoms with Crippen LogP contribution in [0.2, 0.25) is 0 Å². The first-order valence-electron chi connectivity index (χ1n) is 14.5. The van der Waals surface area contributed by atoms with E-state index in [4.69, 9.17) is 9.47 Å². The monoisotopic (exact) mass is 621 g/mol. The van der Waals surface area contributed by atoms with Crippen molar-refractivity contribution in [2.75, 3.05) is 11.1 Å². The van der Waals surface area contributed by atoms with Crippen molar-refractivity contribution in [1.82, 2.24) is 9.97 Å². The molecule has 6 rings (SSSR count). The van der Waals surface area contributed by atoms with Crippen molar-refractivity contribution < 1.29 is 29.3 Å². The first-order chi connectivity index (χ1) is 21.9. The van der Waals surface area contributed by atoms with Gasteiger partial charge in [-0.2, -0.15) is 0 Å². The summed E-state index contributed by atoms with van der Waals surface area (Å²) in [4.78, 5) is 34.1. The molecule has 4 aromatic carbocycles. The molecule has 4 atom stereocenters. The number of anilines is 1. The number of nitrogens with zero attached hydrogens (tertiary/aromatic N) is 2. The number of fused-ring (bicyclic) bond motifs is 1. The molecule has 0 bridgehead atoms. The molecule has 1 aliphatic heterocycles. The smallest absolute Gasteiger partial charge is 0.336 e. The van der Waals surface area contributed by atoms with Crippen LogP contribution in [-0.4, -0.2) is 43.9 Å². The number of nitrogens with one attached hydrogen (secondary N) is 1. The molecule has 10 heteroatoms. The van der Waals surface area contributed by atoms with Gasteiger partial charge in [0.2, 0.25) is 0 Å². The Labute approximate surface area is 264 Å². The molecule has 1 saturated heterocycles. The number of para-hydroxylation sites is 2. The number of carboxylic acids is 1. The third-order valence-electron chi connectivity index (χ3n) is 7.77. The quantitative estimate of drug-likeness (QED) is 0.155. The van der Waals surface area contributed by atoms with Gasteiger partial charge in [0.1, 0.15) is 5.69 Å². The summed E-state index contributed by atoms with van der Waals surface area (Å²) < 4.78 is 13.0. The predicted octanol–water partition coefficient (Wildman–Crippen LogP) is 6.66. The van der Waals surface area contributed by atoms with E-state index in [1.807, 2.05) is 66.7 Å². The van der Waals surface area contributed by atoms with Crippen molar-refractivity contribution in [3.8, 4) is 0 Å². The topological polar surface area (TPSA) is 131 Å². The van der Waals surface area contributed by atoms with Crippen molar-refractivity contribution in [1.29, 1.82) is 0 Å². The number of aliphatic hydroxyl groups excluding tert-OH is 1. The average molecular weight is 622 g/mol. The molecule has 0 spiro atoms. The minimum atomic E-state index is -0.974. The second-order valence-corrected chi connectivity index (χ2v) is 11.8. The third kappa shape index (κ3) is 6.89. The van der Waals surface area contributed by atoms with Crippen molar-refractivity contribution in [2.24, 2.45) is 5.92 Å². The summed E-state index contributed by atoms with van der Waals surface area (Å²) in [5.74, 6) is -0.895. The minimum Gasteiger partial charge on any atom is -0.478 e. The summed E-state index contributed by atoms with van der Waals surface area (Å²) in [5.41, 5.74) is 4.92. The summed E-state index contributed by atoms with van der Waals surface area (Å²) in [5, 5.41) is 22.0. The average Bonchev–Trinajstić information content (AvgIpc) is 3.08. The maximum absolute atomic E-state index is 12.9. The van der Waals surface area contributed by atoms with Crippen LogP contribution in [0.1, 0.15) is 56.9 Å². The third-order valence-corrected chi connectivity index (χ3v) is 8.93. The Hall–Kier alpha value is -4.61. The van der Waals surface area contributed by atoms with Gasteiger partial charge >= 0.3 is 5.97 Å². The van der Waals surface area contributed by atoms with Gasteiger partial charge in [0.25, 0.3) is 5.91 Å². The summed E-state index contributed by atoms with van der Waals surface area (Å²) in [6, 6.07) is 29.2. The number of aromatic nitrogens is 2. The fourth-order valence-corrected chi connectivity index (χ4v) is 6.45. The lowest BCUT2D eigenvalue weighted by atomic mass is 9.91. The van der Waals surface area contributed by atoms with Gasteiger partial charge in [-0.15, -0.1) is 11.8 Å². The Morgan fingerprint density at radius 2 is 1.56 bits per heavy atom. The van der Waals surface area contributed by atoms with Gasteiger partial charge in [0.15, 0.2) is 6.29 Å². The Balaban J connectivity index is 1.21. The number of benzene rings is 4. The molecule has 0 saturated carbocycles. The normalized spacial score (nSPS) is 19.7. The number of aromatic carboxylic acids is 1. The zero-order valence-electron chi connectivity index (χ0n) is 24.4. The van der Waals surface area contributed by atoms with E-state index < -0.39 is 12.3 Å². The first-order valence-corrected chi connectivity index (χ1v) is 15.5. The molecule has 0 radical (unpaired) electrons. The molecule has 1 aliphatic rings. The Bertz CT molecular complexity index is 1820. The molecular weight excluding hydrogens is 590 g/mol. The highest BCUT2D eigenvalue weighted by molar-refractivity contribution is 7.99. The van der Waals surface area contributed by atoms with E-state index in [9.17, 15) is 19.8 Å². The van der Waals surface area contributed by atoms with Crippen molar-refractivity contribution in [3.05, 3.63) is 131 Å². The zero-order chi connectivity index (χ0) is 31.3. The lowest BCUT2D eigenvalue weighted by molar-refractivity contribution is -0.268. The molecule has 45 heavy (non-hydrogen) atoms. The maximum atomic E-state index is 12.9. The predicted molar refractivity (Wildman–Crippen MR) is 171 cm³/mol. The number of ether oxygens (including phenoxy) is 2. The van der Waals surface area contributed by atoms with Gasteiger partial charge in [0.05, 0.1) is 41.6 Å². The van der Waals surface area contributed by atoms with Crippen molar-refractivity contribution in [3.63, 3.8) is 0 Å². The van der Waals surface area contributed by atoms with Crippen LogP contribution in [0.4, 0.5) is 5.69 Å². The summed E-state index contributed by atoms with van der Waals surface area (Å²) in [6.45, 7) is 2.01. The fraction of sp³-hybridized carbons (Fsp3) is 0.200. The van der Waals surface area contributed by atoms with Crippen LogP contribution in [0.5, 0.6) is 0 Å². The molecule has 5 aromatic rings. The number of aliphatic hydroxyl groups is 1. The minimum absolute atomic E-state index is 0.0499. The van der Waals surface area contributed by atoms with Crippen LogP contribution in [0, 0.1) is 5.92 Å². The molecule has 1 amide bonds. The second kappa shape index (κ2) is 13.6. The number of carbonyl (C=O) groups is 2. The van der Waals surface area contributed by atoms with Gasteiger partial charge in [0, 0.05) is 27.8 Å². The zero-order valence-corrected chi connectivity index (χ0v) is 25.2. The van der Waals surface area contributed by atoms with E-state index in [1.165, 1.54) is 18.0 Å². The highest BCUT2D eigenvalue weighted by Crippen LogP contribution is 2.43. The number of thioether (sulfide) groups is 1. The largest absolute Gasteiger partial charge is 0.478 e. The van der Waals surface area contributed by atoms with Crippen LogP contribution >= 0.6 is 11.8 Å². The molecule has 228 valence electrons. The van der Waals surface area contributed by atoms with E-state index in [1.54, 1.807) is 30.3 Å². The van der Waals surface area contributed by atoms with Crippen LogP contribution in [0.3, 0.4) is 0 Å². The molecular formula is C35H31N3O6S. The van der Waals surface area contributed by atoms with E-state index in [0.29, 0.717) is 27.4 Å². The SMILES string of the molecule is C[C@@H]1[C@H](CSc2ccccc2C(=O)O)O[C@H](c2ccc(NC(=O)c3cnc4ccccc4n3)cc2)O[C@@H]1c1ccc(CO)cc1. The van der Waals surface area contributed by atoms with Gasteiger partial charge in [-0.25, -0.2) is 9.78 Å². The Morgan fingerprint density at radius 1 is 0.867 bits per heavy atom. The van der Waals surface area contributed by atoms with Gasteiger partial charge < -0.3 is 25.0 Å². The Kier molecular flexibility index (Phi) is 9.18. The standard InChI is InChI=1S/C35H31N3O6S/c1-21-30(20-45-31-9-5-2-6-26(31)34(41)42)43-35(44-32(21)23-12-10-22(19-39)11-13-23)24-14-16-25(17-15-24)37-33(40)29-18-36-27-7-3-4-8-28(27)38-29/h2-18,21,30,32,35,39H,19-20H2,1H3,(H,37,40)(H,41,42)/t21-,30+,32+,35+/m1/s1. The summed E-state index contributed by atoms with van der Waals surface area (Å²) in [7, 11) is 0. The van der Waals surface area contributed by atoms with E-state index in [0.717, 1.165) is 16.7 Å². The fourth-order valence-electron chi connectivity index (χ4n) is 5.24. The number of hydrogen-bond donors (Lipinski definition) is 3. The molecule has 3 N–H and O–H groups in total. The highest BCUT2D eigenvalue weighted by Gasteiger charge is 2.38. The summed E-state index contributed by atoms with van der Waals surface area (Å²) >= 11 is 1.44. The molecule has 1 aromatic heterocycles. The van der Waals surface area contributed by atoms with Crippen LogP contribution < -0.4 is 5.32 Å². The lowest BCUT2D eigenvalue weighted by Crippen LogP contribution is -2.38. The molecule has 9 nitrogen and oxygen atoms in total.